The molecule has 0 aliphatic heterocycles. The van der Waals surface area contributed by atoms with E-state index in [0.717, 1.165) is 24.6 Å². The standard InChI is InChI=1S/C24H27N3O2/c1-3-27(21-9-7-8-19(2)18-21)17-16-25-24(28)26-20-12-14-23(15-13-20)29-22-10-5-4-6-11-22/h4-15,18H,3,16-17H2,1-2H3,(H2,25,26,28). The molecule has 150 valence electrons. The van der Waals surface area contributed by atoms with Crippen molar-refractivity contribution in [2.75, 3.05) is 29.9 Å². The maximum atomic E-state index is 12.2. The van der Waals surface area contributed by atoms with Gasteiger partial charge in [-0.2, -0.15) is 0 Å². The second-order valence-corrected chi connectivity index (χ2v) is 6.74. The average molecular weight is 389 g/mol. The van der Waals surface area contributed by atoms with Crippen molar-refractivity contribution in [3.8, 4) is 11.5 Å². The summed E-state index contributed by atoms with van der Waals surface area (Å²) in [4.78, 5) is 14.4. The number of nitrogens with one attached hydrogen (secondary N) is 2. The van der Waals surface area contributed by atoms with Crippen LogP contribution >= 0.6 is 0 Å². The van der Waals surface area contributed by atoms with Crippen LogP contribution in [0.3, 0.4) is 0 Å². The molecule has 0 aliphatic rings. The molecule has 0 heterocycles. The summed E-state index contributed by atoms with van der Waals surface area (Å²) in [7, 11) is 0. The molecule has 0 unspecified atom stereocenters. The first kappa shape index (κ1) is 20.3. The van der Waals surface area contributed by atoms with Crippen LogP contribution in [0.1, 0.15) is 12.5 Å². The summed E-state index contributed by atoms with van der Waals surface area (Å²) < 4.78 is 5.76. The SMILES string of the molecule is CCN(CCNC(=O)Nc1ccc(Oc2ccccc2)cc1)c1cccc(C)c1. The zero-order valence-corrected chi connectivity index (χ0v) is 16.9. The van der Waals surface area contributed by atoms with E-state index >= 15 is 0 Å². The van der Waals surface area contributed by atoms with Crippen LogP contribution < -0.4 is 20.3 Å². The summed E-state index contributed by atoms with van der Waals surface area (Å²) in [5.41, 5.74) is 3.11. The van der Waals surface area contributed by atoms with Gasteiger partial charge in [0.2, 0.25) is 0 Å². The molecule has 2 amide bonds. The maximum absolute atomic E-state index is 12.2. The first-order valence-electron chi connectivity index (χ1n) is 9.83. The van der Waals surface area contributed by atoms with Gasteiger partial charge < -0.3 is 20.3 Å². The van der Waals surface area contributed by atoms with E-state index in [-0.39, 0.29) is 6.03 Å². The lowest BCUT2D eigenvalue weighted by Crippen LogP contribution is -2.37. The Kier molecular flexibility index (Phi) is 7.11. The zero-order chi connectivity index (χ0) is 20.5. The topological polar surface area (TPSA) is 53.6 Å². The van der Waals surface area contributed by atoms with Crippen molar-refractivity contribution in [2.24, 2.45) is 0 Å². The third-order valence-electron chi connectivity index (χ3n) is 4.51. The third-order valence-corrected chi connectivity index (χ3v) is 4.51. The Bertz CT molecular complexity index is 911. The summed E-state index contributed by atoms with van der Waals surface area (Å²) in [5.74, 6) is 1.50. The van der Waals surface area contributed by atoms with Gasteiger partial charge >= 0.3 is 6.03 Å². The Hall–Kier alpha value is -3.47. The van der Waals surface area contributed by atoms with Crippen molar-refractivity contribution in [1.82, 2.24) is 5.32 Å². The number of amides is 2. The predicted octanol–water partition coefficient (Wildman–Crippen LogP) is 5.44. The van der Waals surface area contributed by atoms with Crippen LogP contribution in [0.25, 0.3) is 0 Å². The average Bonchev–Trinajstić information content (AvgIpc) is 2.73. The molecule has 5 nitrogen and oxygen atoms in total. The molecule has 0 bridgehead atoms. The number of likely N-dealkylation sites (N-methyl/N-ethyl adjacent to an activating group) is 1. The number of carbonyl (C=O) groups is 1. The second kappa shape index (κ2) is 10.2. The van der Waals surface area contributed by atoms with Gasteiger partial charge in [-0.15, -0.1) is 0 Å². The fourth-order valence-corrected chi connectivity index (χ4v) is 3.01. The van der Waals surface area contributed by atoms with Crippen LogP contribution in [0.5, 0.6) is 11.5 Å². The van der Waals surface area contributed by atoms with Crippen molar-refractivity contribution in [2.45, 2.75) is 13.8 Å². The molecule has 0 saturated carbocycles. The van der Waals surface area contributed by atoms with Gasteiger partial charge in [0, 0.05) is 31.0 Å². The predicted molar refractivity (Wildman–Crippen MR) is 119 cm³/mol. The lowest BCUT2D eigenvalue weighted by atomic mass is 10.2. The Balaban J connectivity index is 1.45. The molecule has 3 aromatic rings. The fourth-order valence-electron chi connectivity index (χ4n) is 3.01. The van der Waals surface area contributed by atoms with Crippen LogP contribution in [-0.4, -0.2) is 25.7 Å². The molecule has 0 fully saturated rings. The highest BCUT2D eigenvalue weighted by Gasteiger charge is 2.06. The monoisotopic (exact) mass is 389 g/mol. The van der Waals surface area contributed by atoms with E-state index < -0.39 is 0 Å². The number of carbonyl (C=O) groups excluding carboxylic acids is 1. The number of benzene rings is 3. The molecule has 0 saturated heterocycles. The van der Waals surface area contributed by atoms with E-state index in [9.17, 15) is 4.79 Å². The first-order valence-corrected chi connectivity index (χ1v) is 9.83. The summed E-state index contributed by atoms with van der Waals surface area (Å²) in [5, 5.41) is 5.76. The van der Waals surface area contributed by atoms with Gasteiger partial charge in [-0.3, -0.25) is 0 Å². The van der Waals surface area contributed by atoms with Gasteiger partial charge in [-0.1, -0.05) is 30.3 Å². The molecule has 0 radical (unpaired) electrons. The van der Waals surface area contributed by atoms with E-state index in [1.54, 1.807) is 0 Å². The molecule has 0 aromatic heterocycles. The Morgan fingerprint density at radius 1 is 0.931 bits per heavy atom. The quantitative estimate of drug-likeness (QED) is 0.540. The summed E-state index contributed by atoms with van der Waals surface area (Å²) in [6, 6.07) is 25.1. The number of hydrogen-bond donors (Lipinski definition) is 2. The maximum Gasteiger partial charge on any atom is 0.319 e. The highest BCUT2D eigenvalue weighted by atomic mass is 16.5. The minimum Gasteiger partial charge on any atom is -0.457 e. The van der Waals surface area contributed by atoms with Gasteiger partial charge in [0.1, 0.15) is 11.5 Å². The van der Waals surface area contributed by atoms with Crippen molar-refractivity contribution in [3.05, 3.63) is 84.4 Å². The van der Waals surface area contributed by atoms with Gasteiger partial charge in [0.05, 0.1) is 0 Å². The molecule has 3 aromatic carbocycles. The van der Waals surface area contributed by atoms with Crippen molar-refractivity contribution in [1.29, 1.82) is 0 Å². The highest BCUT2D eigenvalue weighted by molar-refractivity contribution is 5.89. The smallest absolute Gasteiger partial charge is 0.319 e. The van der Waals surface area contributed by atoms with Crippen LogP contribution in [0.15, 0.2) is 78.9 Å². The van der Waals surface area contributed by atoms with E-state index in [4.69, 9.17) is 4.74 Å². The molecular weight excluding hydrogens is 362 g/mol. The molecular formula is C24H27N3O2. The number of ether oxygens (including phenoxy) is 1. The Morgan fingerprint density at radius 2 is 1.66 bits per heavy atom. The largest absolute Gasteiger partial charge is 0.457 e. The summed E-state index contributed by atoms with van der Waals surface area (Å²) in [6.07, 6.45) is 0. The number of para-hydroxylation sites is 1. The zero-order valence-electron chi connectivity index (χ0n) is 16.9. The number of hydrogen-bond acceptors (Lipinski definition) is 3. The minimum atomic E-state index is -0.220. The normalized spacial score (nSPS) is 10.3. The number of anilines is 2. The number of aryl methyl sites for hydroxylation is 1. The van der Waals surface area contributed by atoms with Crippen molar-refractivity contribution >= 4 is 17.4 Å². The van der Waals surface area contributed by atoms with E-state index in [2.05, 4.69) is 53.6 Å². The molecule has 2 N–H and O–H groups in total. The van der Waals surface area contributed by atoms with Crippen LogP contribution in [-0.2, 0) is 0 Å². The van der Waals surface area contributed by atoms with Crippen LogP contribution in [0, 0.1) is 6.92 Å². The van der Waals surface area contributed by atoms with Gasteiger partial charge in [-0.25, -0.2) is 4.79 Å². The van der Waals surface area contributed by atoms with Gasteiger partial charge in [0.15, 0.2) is 0 Å². The molecule has 0 aliphatic carbocycles. The van der Waals surface area contributed by atoms with Crippen LogP contribution in [0.4, 0.5) is 16.2 Å². The number of rotatable bonds is 8. The minimum absolute atomic E-state index is 0.220. The molecule has 3 rings (SSSR count). The Morgan fingerprint density at radius 3 is 2.34 bits per heavy atom. The van der Waals surface area contributed by atoms with E-state index in [1.165, 1.54) is 11.3 Å². The van der Waals surface area contributed by atoms with Crippen molar-refractivity contribution < 1.29 is 9.53 Å². The lowest BCUT2D eigenvalue weighted by molar-refractivity contribution is 0.252. The first-order chi connectivity index (χ1) is 14.1. The van der Waals surface area contributed by atoms with E-state index in [0.29, 0.717) is 12.2 Å². The van der Waals surface area contributed by atoms with Gasteiger partial charge in [0.25, 0.3) is 0 Å². The Labute approximate surface area is 172 Å². The number of nitrogens with zero attached hydrogens (tertiary/aromatic N) is 1. The summed E-state index contributed by atoms with van der Waals surface area (Å²) in [6.45, 7) is 6.39. The van der Waals surface area contributed by atoms with Crippen molar-refractivity contribution in [3.63, 3.8) is 0 Å². The van der Waals surface area contributed by atoms with Gasteiger partial charge in [-0.05, 0) is 67.9 Å². The highest BCUT2D eigenvalue weighted by Crippen LogP contribution is 2.22. The molecule has 29 heavy (non-hydrogen) atoms. The molecule has 0 spiro atoms. The second-order valence-electron chi connectivity index (χ2n) is 6.74. The summed E-state index contributed by atoms with van der Waals surface area (Å²) >= 11 is 0. The molecule has 5 heteroatoms. The third kappa shape index (κ3) is 6.28. The number of urea groups is 1. The molecule has 0 atom stereocenters. The lowest BCUT2D eigenvalue weighted by Gasteiger charge is -2.23. The fraction of sp³-hybridized carbons (Fsp3) is 0.208. The van der Waals surface area contributed by atoms with E-state index in [1.807, 2.05) is 54.6 Å². The van der Waals surface area contributed by atoms with Crippen LogP contribution in [0.2, 0.25) is 0 Å².